The molecule has 0 bridgehead atoms. The second kappa shape index (κ2) is 5.47. The summed E-state index contributed by atoms with van der Waals surface area (Å²) in [6.07, 6.45) is 0.698. The summed E-state index contributed by atoms with van der Waals surface area (Å²) in [6, 6.07) is 4.49. The van der Waals surface area contributed by atoms with Gasteiger partial charge >= 0.3 is 0 Å². The van der Waals surface area contributed by atoms with E-state index >= 15 is 0 Å². The van der Waals surface area contributed by atoms with Crippen LogP contribution in [0.2, 0.25) is 0 Å². The molecule has 4 heteroatoms. The predicted octanol–water partition coefficient (Wildman–Crippen LogP) is 2.22. The highest BCUT2D eigenvalue weighted by atomic mass is 19.1. The molecule has 1 aromatic carbocycles. The van der Waals surface area contributed by atoms with Crippen molar-refractivity contribution in [2.75, 3.05) is 14.2 Å². The quantitative estimate of drug-likeness (QED) is 0.829. The first-order valence-electron chi connectivity index (χ1n) is 5.67. The summed E-state index contributed by atoms with van der Waals surface area (Å²) in [7, 11) is 3.41. The molecule has 0 fully saturated rings. The molecule has 1 rings (SSSR count). The van der Waals surface area contributed by atoms with Crippen molar-refractivity contribution >= 4 is 0 Å². The van der Waals surface area contributed by atoms with Gasteiger partial charge in [-0.05, 0) is 45.5 Å². The van der Waals surface area contributed by atoms with Crippen LogP contribution in [0.3, 0.4) is 0 Å². The van der Waals surface area contributed by atoms with Crippen molar-refractivity contribution in [3.8, 4) is 5.75 Å². The van der Waals surface area contributed by atoms with Crippen molar-refractivity contribution in [2.24, 2.45) is 5.73 Å². The molecule has 0 aromatic heterocycles. The van der Waals surface area contributed by atoms with Crippen LogP contribution >= 0.6 is 0 Å². The van der Waals surface area contributed by atoms with Crippen LogP contribution in [0.5, 0.6) is 5.75 Å². The van der Waals surface area contributed by atoms with Crippen LogP contribution in [0.15, 0.2) is 18.2 Å². The van der Waals surface area contributed by atoms with Gasteiger partial charge in [0, 0.05) is 17.1 Å². The number of nitrogens with two attached hydrogens (primary N) is 1. The summed E-state index contributed by atoms with van der Waals surface area (Å²) in [5.74, 6) is 0.408. The Morgan fingerprint density at radius 3 is 2.59 bits per heavy atom. The Morgan fingerprint density at radius 2 is 2.12 bits per heavy atom. The van der Waals surface area contributed by atoms with Gasteiger partial charge in [-0.3, -0.25) is 0 Å². The van der Waals surface area contributed by atoms with E-state index < -0.39 is 0 Å². The Labute approximate surface area is 102 Å². The molecule has 17 heavy (non-hydrogen) atoms. The molecule has 0 heterocycles. The van der Waals surface area contributed by atoms with Crippen molar-refractivity contribution in [3.63, 3.8) is 0 Å². The molecule has 0 aliphatic carbocycles. The van der Waals surface area contributed by atoms with Gasteiger partial charge in [-0.1, -0.05) is 0 Å². The maximum absolute atomic E-state index is 13.3. The average molecular weight is 240 g/mol. The first-order chi connectivity index (χ1) is 7.87. The predicted molar refractivity (Wildman–Crippen MR) is 67.6 cm³/mol. The summed E-state index contributed by atoms with van der Waals surface area (Å²) in [6.45, 7) is 3.90. The van der Waals surface area contributed by atoms with Gasteiger partial charge in [0.1, 0.15) is 11.6 Å². The van der Waals surface area contributed by atoms with E-state index in [1.807, 2.05) is 20.9 Å². The third-order valence-electron chi connectivity index (χ3n) is 2.65. The van der Waals surface area contributed by atoms with E-state index in [2.05, 4.69) is 5.32 Å². The maximum atomic E-state index is 13.3. The lowest BCUT2D eigenvalue weighted by Crippen LogP contribution is -2.37. The van der Waals surface area contributed by atoms with Gasteiger partial charge in [0.05, 0.1) is 7.11 Å². The fourth-order valence-electron chi connectivity index (χ4n) is 1.87. The van der Waals surface area contributed by atoms with Gasteiger partial charge < -0.3 is 15.8 Å². The van der Waals surface area contributed by atoms with Gasteiger partial charge in [-0.25, -0.2) is 4.39 Å². The standard InChI is InChI=1S/C13H21FN2O/c1-13(2,15)8-11(16-3)10-7-9(14)5-6-12(10)17-4/h5-7,11,16H,8,15H2,1-4H3. The minimum atomic E-state index is -0.328. The fraction of sp³-hybridized carbons (Fsp3) is 0.538. The number of ether oxygens (including phenoxy) is 1. The number of methoxy groups -OCH3 is 1. The van der Waals surface area contributed by atoms with Gasteiger partial charge in [0.25, 0.3) is 0 Å². The van der Waals surface area contributed by atoms with Crippen LogP contribution in [-0.4, -0.2) is 19.7 Å². The average Bonchev–Trinajstić information content (AvgIpc) is 2.24. The molecule has 3 nitrogen and oxygen atoms in total. The molecule has 0 saturated carbocycles. The second-order valence-corrected chi connectivity index (χ2v) is 4.92. The van der Waals surface area contributed by atoms with Gasteiger partial charge in [-0.15, -0.1) is 0 Å². The Hall–Kier alpha value is -1.13. The molecular weight excluding hydrogens is 219 g/mol. The summed E-state index contributed by atoms with van der Waals surface area (Å²) >= 11 is 0. The van der Waals surface area contributed by atoms with Crippen LogP contribution < -0.4 is 15.8 Å². The topological polar surface area (TPSA) is 47.3 Å². The summed E-state index contributed by atoms with van der Waals surface area (Å²) in [4.78, 5) is 0. The van der Waals surface area contributed by atoms with Crippen molar-refractivity contribution in [1.82, 2.24) is 5.32 Å². The molecular formula is C13H21FN2O. The Kier molecular flexibility index (Phi) is 4.48. The van der Waals surface area contributed by atoms with Crippen molar-refractivity contribution in [1.29, 1.82) is 0 Å². The first-order valence-corrected chi connectivity index (χ1v) is 5.67. The third-order valence-corrected chi connectivity index (χ3v) is 2.65. The number of rotatable bonds is 5. The SMILES string of the molecule is CNC(CC(C)(C)N)c1cc(F)ccc1OC. The number of hydrogen-bond donors (Lipinski definition) is 2. The zero-order valence-electron chi connectivity index (χ0n) is 10.9. The summed E-state index contributed by atoms with van der Waals surface area (Å²) in [5.41, 5.74) is 6.48. The van der Waals surface area contributed by atoms with E-state index in [0.29, 0.717) is 12.2 Å². The largest absolute Gasteiger partial charge is 0.496 e. The fourth-order valence-corrected chi connectivity index (χ4v) is 1.87. The highest BCUT2D eigenvalue weighted by molar-refractivity contribution is 5.36. The number of benzene rings is 1. The lowest BCUT2D eigenvalue weighted by molar-refractivity contribution is 0.367. The van der Waals surface area contributed by atoms with Crippen LogP contribution in [0.1, 0.15) is 31.9 Å². The van der Waals surface area contributed by atoms with Crippen molar-refractivity contribution in [2.45, 2.75) is 31.8 Å². The van der Waals surface area contributed by atoms with Gasteiger partial charge in [0.15, 0.2) is 0 Å². The highest BCUT2D eigenvalue weighted by Crippen LogP contribution is 2.30. The number of halogens is 1. The molecule has 0 saturated heterocycles. The normalized spacial score (nSPS) is 13.5. The zero-order chi connectivity index (χ0) is 13.1. The van der Waals surface area contributed by atoms with E-state index in [9.17, 15) is 4.39 Å². The second-order valence-electron chi connectivity index (χ2n) is 4.92. The van der Waals surface area contributed by atoms with Crippen molar-refractivity contribution < 1.29 is 9.13 Å². The molecule has 1 atom stereocenters. The van der Waals surface area contributed by atoms with Crippen molar-refractivity contribution in [3.05, 3.63) is 29.6 Å². The van der Waals surface area contributed by atoms with E-state index in [4.69, 9.17) is 10.5 Å². The molecule has 0 spiro atoms. The smallest absolute Gasteiger partial charge is 0.123 e. The molecule has 0 aliphatic rings. The third kappa shape index (κ3) is 3.98. The van der Waals surface area contributed by atoms with E-state index in [-0.39, 0.29) is 17.4 Å². The van der Waals surface area contributed by atoms with Crippen LogP contribution in [-0.2, 0) is 0 Å². The van der Waals surface area contributed by atoms with Gasteiger partial charge in [-0.2, -0.15) is 0 Å². The molecule has 0 amide bonds. The van der Waals surface area contributed by atoms with E-state index in [1.54, 1.807) is 13.2 Å². The number of hydrogen-bond acceptors (Lipinski definition) is 3. The Balaban J connectivity index is 3.06. The monoisotopic (exact) mass is 240 g/mol. The molecule has 0 aliphatic heterocycles. The number of nitrogens with one attached hydrogen (secondary N) is 1. The Bertz CT molecular complexity index is 374. The molecule has 0 radical (unpaired) electrons. The van der Waals surface area contributed by atoms with E-state index in [0.717, 1.165) is 5.56 Å². The zero-order valence-corrected chi connectivity index (χ0v) is 10.9. The minimum absolute atomic E-state index is 0.0272. The highest BCUT2D eigenvalue weighted by Gasteiger charge is 2.22. The molecule has 3 N–H and O–H groups in total. The van der Waals surface area contributed by atoms with Crippen LogP contribution in [0, 0.1) is 5.82 Å². The van der Waals surface area contributed by atoms with Crippen LogP contribution in [0.4, 0.5) is 4.39 Å². The van der Waals surface area contributed by atoms with Crippen LogP contribution in [0.25, 0.3) is 0 Å². The summed E-state index contributed by atoms with van der Waals surface area (Å²) in [5, 5.41) is 3.15. The Morgan fingerprint density at radius 1 is 1.47 bits per heavy atom. The van der Waals surface area contributed by atoms with Gasteiger partial charge in [0.2, 0.25) is 0 Å². The lowest BCUT2D eigenvalue weighted by Gasteiger charge is -2.27. The lowest BCUT2D eigenvalue weighted by atomic mass is 9.91. The summed E-state index contributed by atoms with van der Waals surface area (Å²) < 4.78 is 18.5. The maximum Gasteiger partial charge on any atom is 0.123 e. The molecule has 96 valence electrons. The molecule has 1 unspecified atom stereocenters. The van der Waals surface area contributed by atoms with E-state index in [1.165, 1.54) is 12.1 Å². The minimum Gasteiger partial charge on any atom is -0.496 e. The molecule has 1 aromatic rings. The first kappa shape index (κ1) is 13.9.